The van der Waals surface area contributed by atoms with Crippen LogP contribution in [0.1, 0.15) is 51.0 Å². The molecule has 1 saturated carbocycles. The maximum absolute atomic E-state index is 12.8. The van der Waals surface area contributed by atoms with E-state index in [0.717, 1.165) is 44.1 Å². The molecule has 0 unspecified atom stereocenters. The number of carbonyl (C=O) groups excluding carboxylic acids is 2. The van der Waals surface area contributed by atoms with Gasteiger partial charge in [0, 0.05) is 5.02 Å². The molecule has 1 N–H and O–H groups in total. The predicted molar refractivity (Wildman–Crippen MR) is 90.5 cm³/mol. The van der Waals surface area contributed by atoms with Crippen molar-refractivity contribution in [2.75, 3.05) is 13.2 Å². The van der Waals surface area contributed by atoms with Gasteiger partial charge in [-0.25, -0.2) is 0 Å². The van der Waals surface area contributed by atoms with E-state index in [9.17, 15) is 9.59 Å². The Labute approximate surface area is 142 Å². The first kappa shape index (κ1) is 17.8. The molecule has 0 atom stereocenters. The Balaban J connectivity index is 2.01. The maximum Gasteiger partial charge on any atom is 0.325 e. The van der Waals surface area contributed by atoms with Gasteiger partial charge in [-0.2, -0.15) is 0 Å². The number of unbranched alkanes of at least 4 members (excludes halogenated alkanes) is 1. The Kier molecular flexibility index (Phi) is 6.46. The van der Waals surface area contributed by atoms with Gasteiger partial charge in [0.2, 0.25) is 5.91 Å². The summed E-state index contributed by atoms with van der Waals surface area (Å²) < 4.78 is 5.08. The van der Waals surface area contributed by atoms with E-state index in [4.69, 9.17) is 16.3 Å². The molecular formula is C18H24ClNO3. The minimum atomic E-state index is -0.575. The summed E-state index contributed by atoms with van der Waals surface area (Å²) in [6, 6.07) is 7.46. The molecule has 1 aliphatic rings. The normalized spacial score (nSPS) is 16.1. The van der Waals surface area contributed by atoms with E-state index in [-0.39, 0.29) is 18.4 Å². The summed E-state index contributed by atoms with van der Waals surface area (Å²) >= 11 is 6.08. The fraction of sp³-hybridized carbons (Fsp3) is 0.556. The third-order valence-corrected chi connectivity index (χ3v) is 4.66. The topological polar surface area (TPSA) is 55.4 Å². The molecule has 0 radical (unpaired) electrons. The molecule has 0 aromatic heterocycles. The van der Waals surface area contributed by atoms with Crippen LogP contribution in [0.15, 0.2) is 24.3 Å². The van der Waals surface area contributed by atoms with Crippen LogP contribution in [0.2, 0.25) is 5.02 Å². The van der Waals surface area contributed by atoms with Gasteiger partial charge in [-0.15, -0.1) is 0 Å². The molecule has 1 fully saturated rings. The smallest absolute Gasteiger partial charge is 0.325 e. The second-order valence-electron chi connectivity index (χ2n) is 6.06. The number of esters is 1. The van der Waals surface area contributed by atoms with Crippen molar-refractivity contribution in [1.29, 1.82) is 0 Å². The van der Waals surface area contributed by atoms with Gasteiger partial charge >= 0.3 is 5.97 Å². The van der Waals surface area contributed by atoms with Crippen molar-refractivity contribution in [2.24, 2.45) is 0 Å². The van der Waals surface area contributed by atoms with Crippen LogP contribution in [0.4, 0.5) is 0 Å². The number of nitrogens with one attached hydrogen (secondary N) is 1. The highest BCUT2D eigenvalue weighted by atomic mass is 35.5. The van der Waals surface area contributed by atoms with Crippen molar-refractivity contribution in [3.05, 3.63) is 34.9 Å². The molecule has 1 aromatic carbocycles. The van der Waals surface area contributed by atoms with Crippen molar-refractivity contribution < 1.29 is 14.3 Å². The van der Waals surface area contributed by atoms with Crippen LogP contribution in [0.5, 0.6) is 0 Å². The minimum Gasteiger partial charge on any atom is -0.464 e. The van der Waals surface area contributed by atoms with Crippen molar-refractivity contribution in [2.45, 2.75) is 50.9 Å². The lowest BCUT2D eigenvalue weighted by molar-refractivity contribution is -0.144. The van der Waals surface area contributed by atoms with E-state index in [1.165, 1.54) is 0 Å². The van der Waals surface area contributed by atoms with Crippen molar-refractivity contribution in [3.8, 4) is 0 Å². The molecular weight excluding hydrogens is 314 g/mol. The summed E-state index contributed by atoms with van der Waals surface area (Å²) in [4.78, 5) is 24.4. The van der Waals surface area contributed by atoms with Crippen LogP contribution in [-0.4, -0.2) is 25.0 Å². The average Bonchev–Trinajstić information content (AvgIpc) is 3.04. The number of halogens is 1. The Bertz CT molecular complexity index is 553. The fourth-order valence-electron chi connectivity index (χ4n) is 3.11. The Morgan fingerprint density at radius 1 is 1.30 bits per heavy atom. The molecule has 0 heterocycles. The van der Waals surface area contributed by atoms with E-state index in [1.54, 1.807) is 6.07 Å². The highest BCUT2D eigenvalue weighted by Gasteiger charge is 2.42. The second kappa shape index (κ2) is 8.34. The molecule has 5 heteroatoms. The zero-order chi connectivity index (χ0) is 16.7. The summed E-state index contributed by atoms with van der Waals surface area (Å²) in [5.41, 5.74) is 0.355. The standard InChI is InChI=1S/C18H24ClNO3/c1-2-3-11-23-16(21)13-20-17(22)18(9-4-5-10-18)14-7-6-8-15(19)12-14/h6-8,12H,2-5,9-11,13H2,1H3,(H,20,22). The molecule has 1 aliphatic carbocycles. The van der Waals surface area contributed by atoms with Crippen LogP contribution in [0.25, 0.3) is 0 Å². The zero-order valence-electron chi connectivity index (χ0n) is 13.6. The lowest BCUT2D eigenvalue weighted by atomic mass is 9.78. The third-order valence-electron chi connectivity index (χ3n) is 4.42. The summed E-state index contributed by atoms with van der Waals surface area (Å²) in [5.74, 6) is -0.490. The van der Waals surface area contributed by atoms with Crippen LogP contribution in [-0.2, 0) is 19.7 Å². The van der Waals surface area contributed by atoms with Crippen LogP contribution in [0, 0.1) is 0 Å². The molecule has 1 aromatic rings. The molecule has 23 heavy (non-hydrogen) atoms. The van der Waals surface area contributed by atoms with Gasteiger partial charge in [0.1, 0.15) is 6.54 Å². The number of hydrogen-bond acceptors (Lipinski definition) is 3. The molecule has 4 nitrogen and oxygen atoms in total. The van der Waals surface area contributed by atoms with Crippen LogP contribution in [0.3, 0.4) is 0 Å². The van der Waals surface area contributed by atoms with Gasteiger partial charge in [0.25, 0.3) is 0 Å². The van der Waals surface area contributed by atoms with Gasteiger partial charge < -0.3 is 10.1 Å². The predicted octanol–water partition coefficient (Wildman–Crippen LogP) is 3.61. The van der Waals surface area contributed by atoms with E-state index in [2.05, 4.69) is 5.32 Å². The largest absolute Gasteiger partial charge is 0.464 e. The molecule has 2 rings (SSSR count). The average molecular weight is 338 g/mol. The number of amides is 1. The van der Waals surface area contributed by atoms with Gasteiger partial charge in [0.15, 0.2) is 0 Å². The second-order valence-corrected chi connectivity index (χ2v) is 6.49. The molecule has 0 saturated heterocycles. The number of hydrogen-bond donors (Lipinski definition) is 1. The first-order valence-electron chi connectivity index (χ1n) is 8.28. The van der Waals surface area contributed by atoms with Crippen molar-refractivity contribution in [1.82, 2.24) is 5.32 Å². The van der Waals surface area contributed by atoms with E-state index in [0.29, 0.717) is 11.6 Å². The third kappa shape index (κ3) is 4.47. The quantitative estimate of drug-likeness (QED) is 0.611. The van der Waals surface area contributed by atoms with E-state index < -0.39 is 5.41 Å². The van der Waals surface area contributed by atoms with E-state index in [1.807, 2.05) is 25.1 Å². The lowest BCUT2D eigenvalue weighted by Crippen LogP contribution is -2.44. The number of benzene rings is 1. The number of rotatable bonds is 7. The Hall–Kier alpha value is -1.55. The zero-order valence-corrected chi connectivity index (χ0v) is 14.3. The Morgan fingerprint density at radius 2 is 2.04 bits per heavy atom. The minimum absolute atomic E-state index is 0.0785. The highest BCUT2D eigenvalue weighted by Crippen LogP contribution is 2.41. The van der Waals surface area contributed by atoms with Gasteiger partial charge in [-0.3, -0.25) is 9.59 Å². The number of ether oxygens (including phenoxy) is 1. The summed E-state index contributed by atoms with van der Waals surface area (Å²) in [7, 11) is 0. The lowest BCUT2D eigenvalue weighted by Gasteiger charge is -2.28. The fourth-order valence-corrected chi connectivity index (χ4v) is 3.30. The van der Waals surface area contributed by atoms with E-state index >= 15 is 0 Å². The summed E-state index contributed by atoms with van der Waals surface area (Å²) in [6.07, 6.45) is 5.37. The monoisotopic (exact) mass is 337 g/mol. The van der Waals surface area contributed by atoms with Crippen molar-refractivity contribution in [3.63, 3.8) is 0 Å². The molecule has 1 amide bonds. The summed E-state index contributed by atoms with van der Waals surface area (Å²) in [6.45, 7) is 2.36. The molecule has 0 spiro atoms. The first-order chi connectivity index (χ1) is 11.1. The van der Waals surface area contributed by atoms with Gasteiger partial charge in [-0.05, 0) is 37.0 Å². The van der Waals surface area contributed by atoms with Crippen LogP contribution < -0.4 is 5.32 Å². The summed E-state index contributed by atoms with van der Waals surface area (Å²) in [5, 5.41) is 3.38. The first-order valence-corrected chi connectivity index (χ1v) is 8.66. The van der Waals surface area contributed by atoms with Crippen LogP contribution >= 0.6 is 11.6 Å². The molecule has 0 aliphatic heterocycles. The number of carbonyl (C=O) groups is 2. The maximum atomic E-state index is 12.8. The Morgan fingerprint density at radius 3 is 2.70 bits per heavy atom. The van der Waals surface area contributed by atoms with Gasteiger partial charge in [-0.1, -0.05) is 49.9 Å². The molecule has 0 bridgehead atoms. The SMILES string of the molecule is CCCCOC(=O)CNC(=O)C1(c2cccc(Cl)c2)CCCC1. The molecule has 126 valence electrons. The van der Waals surface area contributed by atoms with Crippen molar-refractivity contribution >= 4 is 23.5 Å². The highest BCUT2D eigenvalue weighted by molar-refractivity contribution is 6.30. The van der Waals surface area contributed by atoms with Gasteiger partial charge in [0.05, 0.1) is 12.0 Å².